The number of nitrogens with one attached hydrogen (secondary N) is 1. The third-order valence-corrected chi connectivity index (χ3v) is 6.67. The molecule has 10 heteroatoms. The first-order valence-corrected chi connectivity index (χ1v) is 12.6. The van der Waals surface area contributed by atoms with Crippen LogP contribution in [0.3, 0.4) is 0 Å². The van der Waals surface area contributed by atoms with Crippen molar-refractivity contribution in [1.82, 2.24) is 14.8 Å². The predicted molar refractivity (Wildman–Crippen MR) is 135 cm³/mol. The van der Waals surface area contributed by atoms with Gasteiger partial charge in [-0.05, 0) is 43.9 Å². The number of thioether (sulfide) groups is 1. The lowest BCUT2D eigenvalue weighted by molar-refractivity contribution is -0.00921. The Morgan fingerprint density at radius 1 is 1.26 bits per heavy atom. The van der Waals surface area contributed by atoms with E-state index in [0.29, 0.717) is 34.1 Å². The molecule has 3 aromatic rings. The zero-order chi connectivity index (χ0) is 25.8. The molecule has 0 spiro atoms. The van der Waals surface area contributed by atoms with Crippen LogP contribution < -0.4 is 10.2 Å². The molecule has 0 unspecified atom stereocenters. The van der Waals surface area contributed by atoms with Crippen LogP contribution in [0.4, 0.5) is 24.7 Å². The molecular formula is C25H30F3N5OS. The van der Waals surface area contributed by atoms with E-state index in [9.17, 15) is 18.0 Å². The third-order valence-electron chi connectivity index (χ3n) is 5.92. The Morgan fingerprint density at radius 3 is 2.60 bits per heavy atom. The lowest BCUT2D eigenvalue weighted by Gasteiger charge is -2.27. The largest absolute Gasteiger partial charge is 0.356 e. The topological polar surface area (TPSA) is 63.1 Å². The molecule has 1 amide bonds. The van der Waals surface area contributed by atoms with Crippen molar-refractivity contribution in [1.29, 1.82) is 0 Å². The number of carbonyl (C=O) groups excluding carboxylic acids is 1. The molecule has 0 atom stereocenters. The van der Waals surface area contributed by atoms with Gasteiger partial charge in [0, 0.05) is 67.1 Å². The van der Waals surface area contributed by atoms with Crippen LogP contribution >= 0.6 is 11.8 Å². The normalized spacial score (nSPS) is 11.5. The van der Waals surface area contributed by atoms with Gasteiger partial charge in [-0.25, -0.2) is 18.2 Å². The number of anilines is 2. The van der Waals surface area contributed by atoms with Crippen molar-refractivity contribution in [2.45, 2.75) is 44.4 Å². The number of halogens is 3. The van der Waals surface area contributed by atoms with Crippen molar-refractivity contribution in [2.24, 2.45) is 7.05 Å². The van der Waals surface area contributed by atoms with Gasteiger partial charge in [0.2, 0.25) is 5.92 Å². The van der Waals surface area contributed by atoms with Crippen LogP contribution in [0.5, 0.6) is 0 Å². The molecule has 188 valence electrons. The summed E-state index contributed by atoms with van der Waals surface area (Å²) < 4.78 is 43.6. The van der Waals surface area contributed by atoms with Crippen LogP contribution in [-0.4, -0.2) is 45.9 Å². The summed E-state index contributed by atoms with van der Waals surface area (Å²) in [6.45, 7) is 5.53. The van der Waals surface area contributed by atoms with Gasteiger partial charge in [-0.2, -0.15) is 5.10 Å². The molecule has 35 heavy (non-hydrogen) atoms. The number of alkyl halides is 2. The fourth-order valence-corrected chi connectivity index (χ4v) is 4.28. The summed E-state index contributed by atoms with van der Waals surface area (Å²) in [7, 11) is 1.79. The average molecular weight is 506 g/mol. The standard InChI is InChI=1S/C25H30F3N5OS/c1-6-25(27,28)10-11-33(7-2)23-22(16(3)19(14-29-23)17-13-30-32(4)15-17)24(34)31-18-8-9-20(26)21(12-18)35-5/h8-9,12-15H,6-7,10-11H2,1-5H3,(H,31,34). The number of amides is 1. The fourth-order valence-electron chi connectivity index (χ4n) is 3.77. The molecule has 6 nitrogen and oxygen atoms in total. The van der Waals surface area contributed by atoms with Crippen LogP contribution in [0.15, 0.2) is 41.7 Å². The highest BCUT2D eigenvalue weighted by Gasteiger charge is 2.29. The molecule has 0 aliphatic carbocycles. The van der Waals surface area contributed by atoms with Crippen molar-refractivity contribution in [2.75, 3.05) is 29.6 Å². The summed E-state index contributed by atoms with van der Waals surface area (Å²) in [5, 5.41) is 7.03. The van der Waals surface area contributed by atoms with Gasteiger partial charge in [-0.3, -0.25) is 9.48 Å². The van der Waals surface area contributed by atoms with E-state index in [-0.39, 0.29) is 30.8 Å². The average Bonchev–Trinajstić information content (AvgIpc) is 3.26. The first-order valence-electron chi connectivity index (χ1n) is 11.4. The van der Waals surface area contributed by atoms with E-state index in [4.69, 9.17) is 0 Å². The summed E-state index contributed by atoms with van der Waals surface area (Å²) in [6, 6.07) is 4.34. The van der Waals surface area contributed by atoms with Gasteiger partial charge >= 0.3 is 0 Å². The van der Waals surface area contributed by atoms with Gasteiger partial charge in [0.25, 0.3) is 5.91 Å². The van der Waals surface area contributed by atoms with Gasteiger partial charge in [-0.1, -0.05) is 6.92 Å². The molecule has 0 bridgehead atoms. The second kappa shape index (κ2) is 11.2. The number of hydrogen-bond donors (Lipinski definition) is 1. The summed E-state index contributed by atoms with van der Waals surface area (Å²) >= 11 is 1.23. The van der Waals surface area contributed by atoms with E-state index < -0.39 is 11.8 Å². The summed E-state index contributed by atoms with van der Waals surface area (Å²) in [5.74, 6) is -3.30. The van der Waals surface area contributed by atoms with Crippen molar-refractivity contribution < 1.29 is 18.0 Å². The number of pyridine rings is 1. The minimum atomic E-state index is -2.80. The molecule has 2 aromatic heterocycles. The Morgan fingerprint density at radius 2 is 2.00 bits per heavy atom. The molecule has 0 aliphatic rings. The lowest BCUT2D eigenvalue weighted by Crippen LogP contribution is -2.32. The number of nitrogens with zero attached hydrogens (tertiary/aromatic N) is 4. The Kier molecular flexibility index (Phi) is 8.47. The SMILES string of the molecule is CCN(CCC(F)(F)CC)c1ncc(-c2cnn(C)c2)c(C)c1C(=O)Nc1ccc(F)c(SC)c1. The molecule has 1 aromatic carbocycles. The van der Waals surface area contributed by atoms with Crippen molar-refractivity contribution in [3.8, 4) is 11.1 Å². The summed E-state index contributed by atoms with van der Waals surface area (Å²) in [6.07, 6.45) is 6.28. The molecule has 2 heterocycles. The van der Waals surface area contributed by atoms with E-state index in [1.807, 2.05) is 13.1 Å². The molecule has 0 saturated carbocycles. The van der Waals surface area contributed by atoms with Crippen LogP contribution in [-0.2, 0) is 7.05 Å². The van der Waals surface area contributed by atoms with Crippen molar-refractivity contribution in [3.05, 3.63) is 53.7 Å². The van der Waals surface area contributed by atoms with E-state index in [2.05, 4.69) is 15.4 Å². The minimum absolute atomic E-state index is 0.0451. The van der Waals surface area contributed by atoms with Gasteiger partial charge in [0.05, 0.1) is 11.8 Å². The third kappa shape index (κ3) is 6.17. The second-order valence-corrected chi connectivity index (χ2v) is 9.09. The quantitative estimate of drug-likeness (QED) is 0.334. The van der Waals surface area contributed by atoms with Crippen LogP contribution in [0.1, 0.15) is 42.6 Å². The van der Waals surface area contributed by atoms with E-state index in [1.165, 1.54) is 30.8 Å². The Bertz CT molecular complexity index is 1200. The zero-order valence-corrected chi connectivity index (χ0v) is 21.3. The van der Waals surface area contributed by atoms with Crippen LogP contribution in [0.25, 0.3) is 11.1 Å². The predicted octanol–water partition coefficient (Wildman–Crippen LogP) is 6.17. The highest BCUT2D eigenvalue weighted by atomic mass is 32.2. The van der Waals surface area contributed by atoms with E-state index in [0.717, 1.165) is 5.56 Å². The molecule has 1 N–H and O–H groups in total. The minimum Gasteiger partial charge on any atom is -0.356 e. The molecule has 0 aliphatic heterocycles. The van der Waals surface area contributed by atoms with E-state index in [1.54, 1.807) is 48.3 Å². The molecule has 0 radical (unpaired) electrons. The summed E-state index contributed by atoms with van der Waals surface area (Å²) in [5.41, 5.74) is 2.85. The zero-order valence-electron chi connectivity index (χ0n) is 20.5. The summed E-state index contributed by atoms with van der Waals surface area (Å²) in [4.78, 5) is 20.2. The fraction of sp³-hybridized carbons (Fsp3) is 0.400. The van der Waals surface area contributed by atoms with Crippen LogP contribution in [0.2, 0.25) is 0 Å². The van der Waals surface area contributed by atoms with Gasteiger partial charge in [0.15, 0.2) is 0 Å². The smallest absolute Gasteiger partial charge is 0.259 e. The first kappa shape index (κ1) is 26.6. The maximum Gasteiger partial charge on any atom is 0.259 e. The Labute approximate surface area is 207 Å². The number of carbonyl (C=O) groups is 1. The van der Waals surface area contributed by atoms with Crippen LogP contribution in [0, 0.1) is 12.7 Å². The Balaban J connectivity index is 2.06. The maximum absolute atomic E-state index is 14.0. The maximum atomic E-state index is 14.0. The lowest BCUT2D eigenvalue weighted by atomic mass is 9.99. The molecule has 0 saturated heterocycles. The molecule has 0 fully saturated rings. The monoisotopic (exact) mass is 505 g/mol. The Hall–Kier alpha value is -3.01. The van der Waals surface area contributed by atoms with Gasteiger partial charge in [0.1, 0.15) is 11.6 Å². The number of aromatic nitrogens is 3. The number of benzene rings is 1. The number of aryl methyl sites for hydroxylation is 1. The highest BCUT2D eigenvalue weighted by Crippen LogP contribution is 2.32. The van der Waals surface area contributed by atoms with E-state index >= 15 is 0 Å². The van der Waals surface area contributed by atoms with Gasteiger partial charge < -0.3 is 10.2 Å². The van der Waals surface area contributed by atoms with Gasteiger partial charge in [-0.15, -0.1) is 11.8 Å². The molecule has 3 rings (SSSR count). The first-order chi connectivity index (χ1) is 16.6. The van der Waals surface area contributed by atoms with Crippen molar-refractivity contribution >= 4 is 29.2 Å². The molecular weight excluding hydrogens is 475 g/mol. The highest BCUT2D eigenvalue weighted by molar-refractivity contribution is 7.98. The number of hydrogen-bond acceptors (Lipinski definition) is 5. The van der Waals surface area contributed by atoms with Crippen molar-refractivity contribution in [3.63, 3.8) is 0 Å². The second-order valence-electron chi connectivity index (χ2n) is 8.24. The number of rotatable bonds is 10.